The molecule has 0 aliphatic carbocycles. The van der Waals surface area contributed by atoms with Crippen LogP contribution in [0.2, 0.25) is 0 Å². The molecule has 158 valence electrons. The lowest BCUT2D eigenvalue weighted by atomic mass is 10.1. The highest BCUT2D eigenvalue weighted by atomic mass is 16.5. The maximum absolute atomic E-state index is 12.7. The number of rotatable bonds is 3. The highest BCUT2D eigenvalue weighted by Crippen LogP contribution is 2.32. The van der Waals surface area contributed by atoms with Gasteiger partial charge in [-0.15, -0.1) is 0 Å². The molecule has 0 fully saturated rings. The van der Waals surface area contributed by atoms with E-state index in [9.17, 15) is 4.79 Å². The van der Waals surface area contributed by atoms with E-state index in [-0.39, 0.29) is 0 Å². The molecule has 0 N–H and O–H groups in total. The highest BCUT2D eigenvalue weighted by Gasteiger charge is 2.16. The van der Waals surface area contributed by atoms with E-state index in [1.807, 2.05) is 24.3 Å². The summed E-state index contributed by atoms with van der Waals surface area (Å²) in [5.41, 5.74) is 4.45. The Balaban J connectivity index is 1.49. The molecule has 0 saturated heterocycles. The van der Waals surface area contributed by atoms with Gasteiger partial charge in [0.1, 0.15) is 22.5 Å². The van der Waals surface area contributed by atoms with Crippen molar-refractivity contribution in [3.8, 4) is 11.5 Å². The first-order chi connectivity index (χ1) is 16.2. The fourth-order valence-corrected chi connectivity index (χ4v) is 3.94. The number of hydrogen-bond acceptors (Lipinski definition) is 7. The number of carbonyl (C=O) groups is 1. The first-order valence-corrected chi connectivity index (χ1v) is 10.3. The quantitative estimate of drug-likeness (QED) is 0.166. The van der Waals surface area contributed by atoms with E-state index < -0.39 is 5.97 Å². The number of esters is 1. The second-order valence-electron chi connectivity index (χ2n) is 7.49. The minimum absolute atomic E-state index is 0.378. The molecule has 3 heterocycles. The van der Waals surface area contributed by atoms with Crippen molar-refractivity contribution in [2.24, 2.45) is 0 Å². The minimum atomic E-state index is -0.480. The fraction of sp³-hybridized carbons (Fsp3) is 0.0385. The Labute approximate surface area is 187 Å². The van der Waals surface area contributed by atoms with Gasteiger partial charge in [0.25, 0.3) is 0 Å². The van der Waals surface area contributed by atoms with Gasteiger partial charge in [-0.1, -0.05) is 12.1 Å². The van der Waals surface area contributed by atoms with E-state index in [0.717, 1.165) is 21.8 Å². The van der Waals surface area contributed by atoms with Crippen LogP contribution in [0.25, 0.3) is 43.9 Å². The highest BCUT2D eigenvalue weighted by molar-refractivity contribution is 6.21. The normalized spacial score (nSPS) is 11.3. The van der Waals surface area contributed by atoms with Crippen LogP contribution in [0.5, 0.6) is 11.5 Å². The lowest BCUT2D eigenvalue weighted by Crippen LogP contribution is -2.08. The van der Waals surface area contributed by atoms with E-state index in [4.69, 9.17) is 19.4 Å². The Morgan fingerprint density at radius 1 is 0.697 bits per heavy atom. The lowest BCUT2D eigenvalue weighted by Gasteiger charge is -2.09. The van der Waals surface area contributed by atoms with Gasteiger partial charge in [-0.3, -0.25) is 9.97 Å². The third-order valence-corrected chi connectivity index (χ3v) is 5.52. The summed E-state index contributed by atoms with van der Waals surface area (Å²) >= 11 is 0. The topological polar surface area (TPSA) is 87.1 Å². The summed E-state index contributed by atoms with van der Waals surface area (Å²) < 4.78 is 10.6. The van der Waals surface area contributed by atoms with Gasteiger partial charge in [0, 0.05) is 23.2 Å². The van der Waals surface area contributed by atoms with Crippen LogP contribution < -0.4 is 9.47 Å². The zero-order valence-corrected chi connectivity index (χ0v) is 17.5. The summed E-state index contributed by atoms with van der Waals surface area (Å²) in [6.07, 6.45) is 3.48. The molecular formula is C26H16N4O3. The van der Waals surface area contributed by atoms with E-state index in [2.05, 4.69) is 9.97 Å². The molecule has 0 bridgehead atoms. The Kier molecular flexibility index (Phi) is 4.33. The summed E-state index contributed by atoms with van der Waals surface area (Å²) in [6, 6.07) is 19.8. The van der Waals surface area contributed by atoms with Crippen molar-refractivity contribution in [2.45, 2.75) is 0 Å². The van der Waals surface area contributed by atoms with E-state index in [0.29, 0.717) is 39.1 Å². The summed E-state index contributed by atoms with van der Waals surface area (Å²) in [6.45, 7) is 0. The number of pyridine rings is 2. The largest absolute Gasteiger partial charge is 0.497 e. The SMILES string of the molecule is COc1ccc(OC(=O)c2ccc3nc4c5ncccc5c5cccnc5c4nc3c2)cc1. The van der Waals surface area contributed by atoms with Crippen LogP contribution in [-0.4, -0.2) is 33.0 Å². The zero-order valence-electron chi connectivity index (χ0n) is 17.5. The first kappa shape index (κ1) is 19.1. The average molecular weight is 432 g/mol. The van der Waals surface area contributed by atoms with Gasteiger partial charge < -0.3 is 9.47 Å². The molecule has 0 unspecified atom stereocenters. The molecule has 0 saturated carbocycles. The molecule has 0 spiro atoms. The van der Waals surface area contributed by atoms with Gasteiger partial charge in [-0.05, 0) is 54.6 Å². The zero-order chi connectivity index (χ0) is 22.4. The molecule has 6 rings (SSSR count). The van der Waals surface area contributed by atoms with Crippen molar-refractivity contribution in [3.05, 3.63) is 84.7 Å². The van der Waals surface area contributed by atoms with Gasteiger partial charge in [0.15, 0.2) is 0 Å². The number of hydrogen-bond donors (Lipinski definition) is 0. The molecule has 33 heavy (non-hydrogen) atoms. The van der Waals surface area contributed by atoms with Crippen molar-refractivity contribution in [3.63, 3.8) is 0 Å². The number of nitrogens with zero attached hydrogens (tertiary/aromatic N) is 4. The maximum Gasteiger partial charge on any atom is 0.343 e. The summed E-state index contributed by atoms with van der Waals surface area (Å²) in [4.78, 5) is 31.5. The van der Waals surface area contributed by atoms with E-state index >= 15 is 0 Å². The number of fused-ring (bicyclic) bond motifs is 7. The van der Waals surface area contributed by atoms with Crippen molar-refractivity contribution < 1.29 is 14.3 Å². The van der Waals surface area contributed by atoms with Crippen molar-refractivity contribution in [1.82, 2.24) is 19.9 Å². The van der Waals surface area contributed by atoms with Crippen LogP contribution >= 0.6 is 0 Å². The van der Waals surface area contributed by atoms with Gasteiger partial charge in [0.05, 0.1) is 34.7 Å². The maximum atomic E-state index is 12.7. The van der Waals surface area contributed by atoms with Crippen molar-refractivity contribution in [2.75, 3.05) is 7.11 Å². The third-order valence-electron chi connectivity index (χ3n) is 5.52. The third kappa shape index (κ3) is 3.18. The molecule has 3 aromatic heterocycles. The predicted octanol–water partition coefficient (Wildman–Crippen LogP) is 5.11. The molecule has 7 nitrogen and oxygen atoms in total. The Morgan fingerprint density at radius 2 is 1.30 bits per heavy atom. The molecule has 7 heteroatoms. The van der Waals surface area contributed by atoms with Gasteiger partial charge in [-0.25, -0.2) is 14.8 Å². The molecule has 0 radical (unpaired) electrons. The van der Waals surface area contributed by atoms with Crippen LogP contribution in [0.1, 0.15) is 10.4 Å². The number of ether oxygens (including phenoxy) is 2. The molecule has 0 aliphatic heterocycles. The number of methoxy groups -OCH3 is 1. The van der Waals surface area contributed by atoms with Crippen LogP contribution in [-0.2, 0) is 0 Å². The molecule has 0 amide bonds. The predicted molar refractivity (Wildman–Crippen MR) is 126 cm³/mol. The molecular weight excluding hydrogens is 416 g/mol. The second-order valence-corrected chi connectivity index (χ2v) is 7.49. The summed E-state index contributed by atoms with van der Waals surface area (Å²) in [5, 5.41) is 1.93. The second kappa shape index (κ2) is 7.49. The summed E-state index contributed by atoms with van der Waals surface area (Å²) in [5.74, 6) is 0.635. The molecule has 3 aromatic carbocycles. The summed E-state index contributed by atoms with van der Waals surface area (Å²) in [7, 11) is 1.58. The molecule has 6 aromatic rings. The first-order valence-electron chi connectivity index (χ1n) is 10.3. The van der Waals surface area contributed by atoms with Crippen LogP contribution in [0, 0.1) is 0 Å². The van der Waals surface area contributed by atoms with Gasteiger partial charge in [-0.2, -0.15) is 0 Å². The minimum Gasteiger partial charge on any atom is -0.497 e. The van der Waals surface area contributed by atoms with E-state index in [1.165, 1.54) is 0 Å². The van der Waals surface area contributed by atoms with Crippen LogP contribution in [0.15, 0.2) is 79.1 Å². The Hall–Kier alpha value is -4.65. The van der Waals surface area contributed by atoms with Crippen molar-refractivity contribution >= 4 is 49.8 Å². The van der Waals surface area contributed by atoms with Crippen molar-refractivity contribution in [1.29, 1.82) is 0 Å². The fourth-order valence-electron chi connectivity index (χ4n) is 3.94. The van der Waals surface area contributed by atoms with Crippen LogP contribution in [0.4, 0.5) is 0 Å². The molecule has 0 atom stereocenters. The Bertz CT molecular complexity index is 1700. The standard InChI is InChI=1S/C26H16N4O3/c1-32-16-7-9-17(10-8-16)33-26(31)15-6-11-20-21(14-15)30-25-23-19(5-3-13-28-23)18-4-2-12-27-22(18)24(25)29-20/h2-14H,1H3. The lowest BCUT2D eigenvalue weighted by molar-refractivity contribution is 0.0735. The smallest absolute Gasteiger partial charge is 0.343 e. The van der Waals surface area contributed by atoms with Gasteiger partial charge >= 0.3 is 5.97 Å². The molecule has 0 aliphatic rings. The van der Waals surface area contributed by atoms with Gasteiger partial charge in [0.2, 0.25) is 0 Å². The monoisotopic (exact) mass is 432 g/mol. The van der Waals surface area contributed by atoms with E-state index in [1.54, 1.807) is 62.0 Å². The number of benzene rings is 3. The number of carbonyl (C=O) groups excluding carboxylic acids is 1. The average Bonchev–Trinajstić information content (AvgIpc) is 2.88. The Morgan fingerprint density at radius 3 is 1.94 bits per heavy atom. The number of aromatic nitrogens is 4. The van der Waals surface area contributed by atoms with Crippen LogP contribution in [0.3, 0.4) is 0 Å².